The van der Waals surface area contributed by atoms with E-state index in [2.05, 4.69) is 0 Å². The molecule has 1 aromatic rings. The number of piperazine rings is 1. The molecule has 1 fully saturated rings. The molecule has 0 unspecified atom stereocenters. The van der Waals surface area contributed by atoms with Gasteiger partial charge in [-0.15, -0.1) is 0 Å². The molecule has 1 aromatic carbocycles. The summed E-state index contributed by atoms with van der Waals surface area (Å²) in [6, 6.07) is 2.65. The van der Waals surface area contributed by atoms with Crippen molar-refractivity contribution in [1.29, 1.82) is 0 Å². The molecule has 0 N–H and O–H groups in total. The predicted octanol–water partition coefficient (Wildman–Crippen LogP) is 0.901. The maximum absolute atomic E-state index is 13.1. The standard InChI is InChI=1S/C11H14F2N2O2S/c1-14-4-6-15(7-5-14)18(16,17)9-2-3-10(12)11(13)8-9/h2-3,8H,4-7H2,1H3. The van der Waals surface area contributed by atoms with Crippen LogP contribution in [0.2, 0.25) is 0 Å². The second kappa shape index (κ2) is 4.91. The van der Waals surface area contributed by atoms with Gasteiger partial charge in [-0.1, -0.05) is 0 Å². The number of benzene rings is 1. The largest absolute Gasteiger partial charge is 0.304 e. The van der Waals surface area contributed by atoms with E-state index in [1.165, 1.54) is 4.31 Å². The number of halogens is 2. The summed E-state index contributed by atoms with van der Waals surface area (Å²) in [6.07, 6.45) is 0. The van der Waals surface area contributed by atoms with E-state index in [4.69, 9.17) is 0 Å². The highest BCUT2D eigenvalue weighted by atomic mass is 32.2. The van der Waals surface area contributed by atoms with Crippen LogP contribution in [-0.4, -0.2) is 50.8 Å². The number of hydrogen-bond acceptors (Lipinski definition) is 3. The highest BCUT2D eigenvalue weighted by Gasteiger charge is 2.28. The molecule has 18 heavy (non-hydrogen) atoms. The topological polar surface area (TPSA) is 40.6 Å². The first-order valence-corrected chi connectivity index (χ1v) is 6.99. The van der Waals surface area contributed by atoms with Gasteiger partial charge in [-0.3, -0.25) is 0 Å². The summed E-state index contributed by atoms with van der Waals surface area (Å²) in [4.78, 5) is 1.81. The second-order valence-electron chi connectivity index (χ2n) is 4.28. The van der Waals surface area contributed by atoms with Crippen LogP contribution in [0.3, 0.4) is 0 Å². The highest BCUT2D eigenvalue weighted by Crippen LogP contribution is 2.19. The minimum Gasteiger partial charge on any atom is -0.304 e. The quantitative estimate of drug-likeness (QED) is 0.806. The first kappa shape index (κ1) is 13.4. The summed E-state index contributed by atoms with van der Waals surface area (Å²) in [5, 5.41) is 0. The summed E-state index contributed by atoms with van der Waals surface area (Å²) < 4.78 is 51.5. The Hall–Kier alpha value is -1.05. The number of nitrogens with zero attached hydrogens (tertiary/aromatic N) is 2. The predicted molar refractivity (Wildman–Crippen MR) is 62.6 cm³/mol. The van der Waals surface area contributed by atoms with E-state index in [-0.39, 0.29) is 4.90 Å². The molecule has 7 heteroatoms. The molecule has 0 saturated carbocycles. The molecule has 0 amide bonds. The van der Waals surface area contributed by atoms with Crippen molar-refractivity contribution in [3.05, 3.63) is 29.8 Å². The number of hydrogen-bond donors (Lipinski definition) is 0. The molecule has 0 spiro atoms. The number of rotatable bonds is 2. The van der Waals surface area contributed by atoms with Crippen LogP contribution < -0.4 is 0 Å². The fourth-order valence-electron chi connectivity index (χ4n) is 1.81. The van der Waals surface area contributed by atoms with Crippen molar-refractivity contribution in [1.82, 2.24) is 9.21 Å². The fraction of sp³-hybridized carbons (Fsp3) is 0.455. The van der Waals surface area contributed by atoms with Crippen LogP contribution in [0.1, 0.15) is 0 Å². The maximum atomic E-state index is 13.1. The summed E-state index contributed by atoms with van der Waals surface area (Å²) in [5.41, 5.74) is 0. The van der Waals surface area contributed by atoms with Crippen LogP contribution in [-0.2, 0) is 10.0 Å². The molecule has 0 bridgehead atoms. The van der Waals surface area contributed by atoms with E-state index in [1.54, 1.807) is 0 Å². The maximum Gasteiger partial charge on any atom is 0.243 e. The van der Waals surface area contributed by atoms with Crippen molar-refractivity contribution < 1.29 is 17.2 Å². The Morgan fingerprint density at radius 1 is 1.06 bits per heavy atom. The highest BCUT2D eigenvalue weighted by molar-refractivity contribution is 7.89. The van der Waals surface area contributed by atoms with Gasteiger partial charge in [0.1, 0.15) is 0 Å². The Labute approximate surface area is 105 Å². The average molecular weight is 276 g/mol. The van der Waals surface area contributed by atoms with Gasteiger partial charge in [-0.25, -0.2) is 17.2 Å². The molecular formula is C11H14F2N2O2S. The molecule has 100 valence electrons. The third kappa shape index (κ3) is 2.52. The Kier molecular flexibility index (Phi) is 3.65. The lowest BCUT2D eigenvalue weighted by atomic mass is 10.3. The van der Waals surface area contributed by atoms with E-state index in [1.807, 2.05) is 11.9 Å². The van der Waals surface area contributed by atoms with E-state index >= 15 is 0 Å². The van der Waals surface area contributed by atoms with Gasteiger partial charge in [0.25, 0.3) is 0 Å². The lowest BCUT2D eigenvalue weighted by Gasteiger charge is -2.31. The van der Waals surface area contributed by atoms with Crippen molar-refractivity contribution in [2.24, 2.45) is 0 Å². The van der Waals surface area contributed by atoms with E-state index in [0.29, 0.717) is 26.2 Å². The summed E-state index contributed by atoms with van der Waals surface area (Å²) in [7, 11) is -1.82. The Bertz CT molecular complexity index is 540. The van der Waals surface area contributed by atoms with Crippen molar-refractivity contribution in [3.63, 3.8) is 0 Å². The van der Waals surface area contributed by atoms with Gasteiger partial charge in [0, 0.05) is 26.2 Å². The van der Waals surface area contributed by atoms with Crippen LogP contribution in [0.4, 0.5) is 8.78 Å². The van der Waals surface area contributed by atoms with Crippen molar-refractivity contribution in [2.45, 2.75) is 4.90 Å². The molecule has 0 radical (unpaired) electrons. The first-order valence-electron chi connectivity index (χ1n) is 5.55. The normalized spacial score (nSPS) is 19.1. The minimum absolute atomic E-state index is 0.203. The van der Waals surface area contributed by atoms with Crippen LogP contribution in [0.25, 0.3) is 0 Å². The molecule has 4 nitrogen and oxygen atoms in total. The SMILES string of the molecule is CN1CCN(S(=O)(=O)c2ccc(F)c(F)c2)CC1. The van der Waals surface area contributed by atoms with Gasteiger partial charge in [-0.2, -0.15) is 4.31 Å². The lowest BCUT2D eigenvalue weighted by molar-refractivity contribution is 0.222. The fourth-order valence-corrected chi connectivity index (χ4v) is 3.25. The monoisotopic (exact) mass is 276 g/mol. The van der Waals surface area contributed by atoms with Crippen LogP contribution in [0.15, 0.2) is 23.1 Å². The van der Waals surface area contributed by atoms with Crippen molar-refractivity contribution in [2.75, 3.05) is 33.2 Å². The molecular weight excluding hydrogens is 262 g/mol. The Balaban J connectivity index is 2.27. The lowest BCUT2D eigenvalue weighted by Crippen LogP contribution is -2.47. The van der Waals surface area contributed by atoms with Gasteiger partial charge in [0.2, 0.25) is 10.0 Å². The molecule has 1 saturated heterocycles. The average Bonchev–Trinajstić information content (AvgIpc) is 2.33. The second-order valence-corrected chi connectivity index (χ2v) is 6.22. The third-order valence-electron chi connectivity index (χ3n) is 2.99. The summed E-state index contributed by atoms with van der Waals surface area (Å²) in [6.45, 7) is 1.97. The zero-order valence-corrected chi connectivity index (χ0v) is 10.8. The minimum atomic E-state index is -3.72. The molecule has 2 rings (SSSR count). The molecule has 1 heterocycles. The Morgan fingerprint density at radius 3 is 2.22 bits per heavy atom. The number of sulfonamides is 1. The van der Waals surface area contributed by atoms with E-state index < -0.39 is 21.7 Å². The third-order valence-corrected chi connectivity index (χ3v) is 4.89. The van der Waals surface area contributed by atoms with Gasteiger partial charge in [0.15, 0.2) is 11.6 Å². The van der Waals surface area contributed by atoms with E-state index in [9.17, 15) is 17.2 Å². The smallest absolute Gasteiger partial charge is 0.243 e. The molecule has 0 atom stereocenters. The molecule has 1 aliphatic heterocycles. The van der Waals surface area contributed by atoms with Gasteiger partial charge >= 0.3 is 0 Å². The Morgan fingerprint density at radius 2 is 1.67 bits per heavy atom. The summed E-state index contributed by atoms with van der Waals surface area (Å²) in [5.74, 6) is -2.20. The zero-order chi connectivity index (χ0) is 13.3. The summed E-state index contributed by atoms with van der Waals surface area (Å²) >= 11 is 0. The van der Waals surface area contributed by atoms with Gasteiger partial charge in [-0.05, 0) is 25.2 Å². The van der Waals surface area contributed by atoms with Gasteiger partial charge < -0.3 is 4.90 Å². The molecule has 0 aromatic heterocycles. The molecule has 1 aliphatic rings. The van der Waals surface area contributed by atoms with Gasteiger partial charge in [0.05, 0.1) is 4.90 Å². The first-order chi connectivity index (χ1) is 8.41. The van der Waals surface area contributed by atoms with Crippen LogP contribution >= 0.6 is 0 Å². The number of likely N-dealkylation sites (N-methyl/N-ethyl adjacent to an activating group) is 1. The van der Waals surface area contributed by atoms with Crippen molar-refractivity contribution in [3.8, 4) is 0 Å². The van der Waals surface area contributed by atoms with Crippen LogP contribution in [0, 0.1) is 11.6 Å². The van der Waals surface area contributed by atoms with Crippen molar-refractivity contribution >= 4 is 10.0 Å². The zero-order valence-electron chi connectivity index (χ0n) is 9.94. The molecule has 0 aliphatic carbocycles. The van der Waals surface area contributed by atoms with Crippen LogP contribution in [0.5, 0.6) is 0 Å². The van der Waals surface area contributed by atoms with E-state index in [0.717, 1.165) is 18.2 Å².